The minimum Gasteiger partial charge on any atom is -0.491 e. The summed E-state index contributed by atoms with van der Waals surface area (Å²) in [5.74, 6) is -0.0000435. The first-order valence-corrected chi connectivity index (χ1v) is 4.43. The molecule has 0 saturated heterocycles. The number of ether oxygens (including phenoxy) is 2. The van der Waals surface area contributed by atoms with E-state index in [9.17, 15) is 4.79 Å². The zero-order valence-electron chi connectivity index (χ0n) is 8.80. The van der Waals surface area contributed by atoms with E-state index in [-0.39, 0.29) is 11.4 Å². The van der Waals surface area contributed by atoms with E-state index in [0.29, 0.717) is 11.3 Å². The first-order chi connectivity index (χ1) is 7.69. The van der Waals surface area contributed by atoms with Gasteiger partial charge >= 0.3 is 5.97 Å². The van der Waals surface area contributed by atoms with Crippen molar-refractivity contribution in [1.82, 2.24) is 14.6 Å². The number of nitrogens with two attached hydrogens (primary N) is 1. The highest BCUT2D eigenvalue weighted by Gasteiger charge is 2.19. The molecular weight excluding hydrogens is 212 g/mol. The summed E-state index contributed by atoms with van der Waals surface area (Å²) in [5, 5.41) is 3.96. The lowest BCUT2D eigenvalue weighted by molar-refractivity contribution is 0.0602. The summed E-state index contributed by atoms with van der Waals surface area (Å²) < 4.78 is 11.1. The minimum absolute atomic E-state index is 0.195. The summed E-state index contributed by atoms with van der Waals surface area (Å²) >= 11 is 0. The van der Waals surface area contributed by atoms with Gasteiger partial charge in [0, 0.05) is 0 Å². The predicted octanol–water partition coefficient (Wildman–Crippen LogP) is 0.107. The lowest BCUT2D eigenvalue weighted by Crippen LogP contribution is -2.04. The fourth-order valence-electron chi connectivity index (χ4n) is 1.43. The molecule has 84 valence electrons. The highest BCUT2D eigenvalue weighted by Crippen LogP contribution is 2.27. The maximum atomic E-state index is 11.5. The normalized spacial score (nSPS) is 10.4. The van der Waals surface area contributed by atoms with Crippen LogP contribution in [0, 0.1) is 0 Å². The Hall–Kier alpha value is -2.31. The number of esters is 1. The smallest absolute Gasteiger partial charge is 0.341 e. The van der Waals surface area contributed by atoms with Crippen LogP contribution in [0.15, 0.2) is 12.5 Å². The first-order valence-electron chi connectivity index (χ1n) is 4.43. The Kier molecular flexibility index (Phi) is 2.35. The maximum Gasteiger partial charge on any atom is 0.341 e. The molecule has 0 aliphatic carbocycles. The number of anilines is 1. The number of nitrogens with zero attached hydrogens (tertiary/aromatic N) is 3. The highest BCUT2D eigenvalue weighted by molar-refractivity contribution is 5.99. The molecule has 0 atom stereocenters. The predicted molar refractivity (Wildman–Crippen MR) is 55.3 cm³/mol. The van der Waals surface area contributed by atoms with E-state index < -0.39 is 5.97 Å². The average molecular weight is 222 g/mol. The summed E-state index contributed by atoms with van der Waals surface area (Å²) in [6.45, 7) is 0. The molecular formula is C9H10N4O3. The van der Waals surface area contributed by atoms with Crippen LogP contribution in [0.1, 0.15) is 10.4 Å². The molecule has 2 N–H and O–H groups in total. The number of methoxy groups -OCH3 is 2. The second-order valence-electron chi connectivity index (χ2n) is 3.01. The second-order valence-corrected chi connectivity index (χ2v) is 3.01. The van der Waals surface area contributed by atoms with Gasteiger partial charge < -0.3 is 15.2 Å². The third-order valence-corrected chi connectivity index (χ3v) is 2.16. The van der Waals surface area contributed by atoms with Gasteiger partial charge in [-0.2, -0.15) is 5.10 Å². The Morgan fingerprint density at radius 2 is 2.25 bits per heavy atom. The number of nitrogen functional groups attached to an aromatic ring is 1. The van der Waals surface area contributed by atoms with Gasteiger partial charge in [-0.15, -0.1) is 0 Å². The molecule has 0 aliphatic heterocycles. The molecule has 0 aliphatic rings. The summed E-state index contributed by atoms with van der Waals surface area (Å²) in [5.41, 5.74) is 6.37. The van der Waals surface area contributed by atoms with Gasteiger partial charge in [-0.25, -0.2) is 14.3 Å². The van der Waals surface area contributed by atoms with Gasteiger partial charge in [-0.3, -0.25) is 0 Å². The first kappa shape index (κ1) is 10.2. The molecule has 2 aromatic heterocycles. The molecule has 0 bridgehead atoms. The van der Waals surface area contributed by atoms with Crippen LogP contribution in [-0.2, 0) is 4.74 Å². The molecule has 0 fully saturated rings. The van der Waals surface area contributed by atoms with E-state index >= 15 is 0 Å². The Balaban J connectivity index is 2.77. The van der Waals surface area contributed by atoms with Crippen molar-refractivity contribution in [3.8, 4) is 5.75 Å². The van der Waals surface area contributed by atoms with Gasteiger partial charge in [-0.05, 0) is 0 Å². The molecule has 0 spiro atoms. The Labute approximate surface area is 90.8 Å². The monoisotopic (exact) mass is 222 g/mol. The number of hydrogen-bond donors (Lipinski definition) is 1. The summed E-state index contributed by atoms with van der Waals surface area (Å²) in [4.78, 5) is 15.4. The van der Waals surface area contributed by atoms with Gasteiger partial charge in [-0.1, -0.05) is 0 Å². The zero-order chi connectivity index (χ0) is 11.7. The molecule has 7 heteroatoms. The summed E-state index contributed by atoms with van der Waals surface area (Å²) in [7, 11) is 2.74. The fraction of sp³-hybridized carbons (Fsp3) is 0.222. The van der Waals surface area contributed by atoms with Crippen molar-refractivity contribution in [3.63, 3.8) is 0 Å². The second kappa shape index (κ2) is 3.69. The lowest BCUT2D eigenvalue weighted by atomic mass is 10.2. The van der Waals surface area contributed by atoms with E-state index in [4.69, 9.17) is 10.5 Å². The molecule has 0 unspecified atom stereocenters. The van der Waals surface area contributed by atoms with Crippen molar-refractivity contribution in [2.24, 2.45) is 0 Å². The maximum absolute atomic E-state index is 11.5. The summed E-state index contributed by atoms with van der Waals surface area (Å²) in [6.07, 6.45) is 2.78. The largest absolute Gasteiger partial charge is 0.491 e. The number of carbonyl (C=O) groups is 1. The Bertz CT molecular complexity index is 549. The van der Waals surface area contributed by atoms with Crippen LogP contribution in [0.5, 0.6) is 5.75 Å². The van der Waals surface area contributed by atoms with Crippen LogP contribution < -0.4 is 10.5 Å². The van der Waals surface area contributed by atoms with Crippen molar-refractivity contribution in [1.29, 1.82) is 0 Å². The van der Waals surface area contributed by atoms with Crippen LogP contribution in [0.3, 0.4) is 0 Å². The molecule has 2 heterocycles. The van der Waals surface area contributed by atoms with Crippen molar-refractivity contribution < 1.29 is 14.3 Å². The van der Waals surface area contributed by atoms with E-state index in [1.807, 2.05) is 0 Å². The SMILES string of the molecule is COC(=O)c1cnn2cnc(N)c(OC)c12. The zero-order valence-corrected chi connectivity index (χ0v) is 8.80. The molecule has 7 nitrogen and oxygen atoms in total. The lowest BCUT2D eigenvalue weighted by Gasteiger charge is -2.06. The molecule has 0 aromatic carbocycles. The number of hydrogen-bond acceptors (Lipinski definition) is 6. The topological polar surface area (TPSA) is 91.7 Å². The van der Waals surface area contributed by atoms with Crippen LogP contribution in [0.25, 0.3) is 5.52 Å². The van der Waals surface area contributed by atoms with Gasteiger partial charge in [0.05, 0.1) is 20.4 Å². The number of aromatic nitrogens is 3. The Morgan fingerprint density at radius 3 is 2.88 bits per heavy atom. The highest BCUT2D eigenvalue weighted by atomic mass is 16.5. The standard InChI is InChI=1S/C9H10N4O3/c1-15-7-6-5(9(14)16-2)3-12-13(6)4-11-8(7)10/h3-4H,10H2,1-2H3. The third kappa shape index (κ3) is 1.33. The molecule has 0 saturated carbocycles. The van der Waals surface area contributed by atoms with Crippen molar-refractivity contribution in [2.75, 3.05) is 20.0 Å². The van der Waals surface area contributed by atoms with E-state index in [2.05, 4.69) is 14.8 Å². The van der Waals surface area contributed by atoms with Crippen LogP contribution in [0.2, 0.25) is 0 Å². The van der Waals surface area contributed by atoms with E-state index in [1.165, 1.54) is 31.3 Å². The van der Waals surface area contributed by atoms with Crippen molar-refractivity contribution in [3.05, 3.63) is 18.1 Å². The van der Waals surface area contributed by atoms with Crippen molar-refractivity contribution in [2.45, 2.75) is 0 Å². The van der Waals surface area contributed by atoms with E-state index in [1.54, 1.807) is 0 Å². The van der Waals surface area contributed by atoms with Gasteiger partial charge in [0.25, 0.3) is 0 Å². The fourth-order valence-corrected chi connectivity index (χ4v) is 1.43. The molecule has 0 amide bonds. The number of fused-ring (bicyclic) bond motifs is 1. The van der Waals surface area contributed by atoms with Gasteiger partial charge in [0.15, 0.2) is 11.6 Å². The van der Waals surface area contributed by atoms with E-state index in [0.717, 1.165) is 0 Å². The average Bonchev–Trinajstić information content (AvgIpc) is 2.72. The molecule has 2 rings (SSSR count). The summed E-state index contributed by atoms with van der Waals surface area (Å²) in [6, 6.07) is 0. The van der Waals surface area contributed by atoms with Gasteiger partial charge in [0.2, 0.25) is 0 Å². The molecule has 16 heavy (non-hydrogen) atoms. The number of rotatable bonds is 2. The van der Waals surface area contributed by atoms with Crippen LogP contribution in [-0.4, -0.2) is 34.8 Å². The number of carbonyl (C=O) groups excluding carboxylic acids is 1. The minimum atomic E-state index is -0.501. The third-order valence-electron chi connectivity index (χ3n) is 2.16. The Morgan fingerprint density at radius 1 is 1.50 bits per heavy atom. The molecule has 2 aromatic rings. The van der Waals surface area contributed by atoms with Crippen LogP contribution >= 0.6 is 0 Å². The van der Waals surface area contributed by atoms with Crippen molar-refractivity contribution >= 4 is 17.3 Å². The van der Waals surface area contributed by atoms with Gasteiger partial charge in [0.1, 0.15) is 17.4 Å². The quantitative estimate of drug-likeness (QED) is 0.725. The molecule has 0 radical (unpaired) electrons. The van der Waals surface area contributed by atoms with Crippen LogP contribution in [0.4, 0.5) is 5.82 Å².